The van der Waals surface area contributed by atoms with E-state index < -0.39 is 12.0 Å². The Bertz CT molecular complexity index is 936. The molecule has 1 fully saturated rings. The van der Waals surface area contributed by atoms with Crippen molar-refractivity contribution in [2.24, 2.45) is 0 Å². The molecule has 4 nitrogen and oxygen atoms in total. The Balaban J connectivity index is 1.83. The van der Waals surface area contributed by atoms with Crippen molar-refractivity contribution in [2.75, 3.05) is 6.54 Å². The summed E-state index contributed by atoms with van der Waals surface area (Å²) >= 11 is 1.69. The second-order valence-electron chi connectivity index (χ2n) is 6.95. The van der Waals surface area contributed by atoms with Gasteiger partial charge in [-0.3, -0.25) is 14.7 Å². The Hall–Kier alpha value is -2.24. The Morgan fingerprint density at radius 1 is 1.27 bits per heavy atom. The van der Waals surface area contributed by atoms with Gasteiger partial charge in [-0.2, -0.15) is 0 Å². The minimum Gasteiger partial charge on any atom is -0.480 e. The van der Waals surface area contributed by atoms with E-state index in [2.05, 4.69) is 41.5 Å². The van der Waals surface area contributed by atoms with Crippen molar-refractivity contribution in [1.82, 2.24) is 9.88 Å². The van der Waals surface area contributed by atoms with Crippen molar-refractivity contribution in [2.45, 2.75) is 38.3 Å². The maximum atomic E-state index is 11.9. The number of rotatable bonds is 4. The number of aryl methyl sites for hydroxylation is 1. The molecule has 0 amide bonds. The number of pyridine rings is 1. The van der Waals surface area contributed by atoms with Crippen molar-refractivity contribution in [3.63, 3.8) is 0 Å². The summed E-state index contributed by atoms with van der Waals surface area (Å²) in [7, 11) is 0. The molecule has 1 aromatic carbocycles. The maximum absolute atomic E-state index is 11.9. The van der Waals surface area contributed by atoms with Crippen LogP contribution >= 0.6 is 11.3 Å². The largest absolute Gasteiger partial charge is 0.480 e. The van der Waals surface area contributed by atoms with Gasteiger partial charge < -0.3 is 5.11 Å². The van der Waals surface area contributed by atoms with Gasteiger partial charge in [0.05, 0.1) is 17.3 Å². The number of carbonyl (C=O) groups is 1. The van der Waals surface area contributed by atoms with Crippen LogP contribution in [-0.2, 0) is 4.79 Å². The molecule has 0 saturated carbocycles. The first-order chi connectivity index (χ1) is 12.6. The predicted molar refractivity (Wildman–Crippen MR) is 105 cm³/mol. The molecule has 0 bridgehead atoms. The number of aromatic nitrogens is 1. The van der Waals surface area contributed by atoms with Crippen molar-refractivity contribution >= 4 is 28.2 Å². The monoisotopic (exact) mass is 366 g/mol. The molecule has 1 aliphatic rings. The fourth-order valence-electron chi connectivity index (χ4n) is 3.84. The van der Waals surface area contributed by atoms with Crippen molar-refractivity contribution in [3.8, 4) is 0 Å². The van der Waals surface area contributed by atoms with Crippen LogP contribution in [0, 0.1) is 6.92 Å². The van der Waals surface area contributed by atoms with E-state index in [1.54, 1.807) is 11.3 Å². The van der Waals surface area contributed by atoms with Crippen LogP contribution in [0.25, 0.3) is 10.9 Å². The molecule has 0 aliphatic carbocycles. The Morgan fingerprint density at radius 3 is 2.88 bits per heavy atom. The molecule has 1 N–H and O–H groups in total. The van der Waals surface area contributed by atoms with Gasteiger partial charge >= 0.3 is 5.97 Å². The molecule has 2 unspecified atom stereocenters. The van der Waals surface area contributed by atoms with Crippen LogP contribution in [0.2, 0.25) is 0 Å². The molecular weight excluding hydrogens is 344 g/mol. The van der Waals surface area contributed by atoms with E-state index in [1.165, 1.54) is 10.4 Å². The number of benzene rings is 1. The summed E-state index contributed by atoms with van der Waals surface area (Å²) in [6, 6.07) is 13.8. The highest BCUT2D eigenvalue weighted by Gasteiger charge is 2.36. The van der Waals surface area contributed by atoms with E-state index in [1.807, 2.05) is 18.2 Å². The van der Waals surface area contributed by atoms with Crippen LogP contribution in [0.1, 0.15) is 41.4 Å². The molecule has 3 heterocycles. The first kappa shape index (κ1) is 17.2. The lowest BCUT2D eigenvalue weighted by Crippen LogP contribution is -2.46. The number of carboxylic acids is 1. The van der Waals surface area contributed by atoms with Gasteiger partial charge in [0.15, 0.2) is 0 Å². The molecule has 2 atom stereocenters. The number of piperidine rings is 1. The predicted octanol–water partition coefficient (Wildman–Crippen LogP) is 4.63. The van der Waals surface area contributed by atoms with Gasteiger partial charge in [-0.25, -0.2) is 0 Å². The SMILES string of the molecule is Cc1csc(C(c2ccc3ccccc3n2)N2CCCCC2C(=O)O)c1. The third-order valence-corrected chi connectivity index (χ3v) is 6.18. The fourth-order valence-corrected chi connectivity index (χ4v) is 4.87. The van der Waals surface area contributed by atoms with Gasteiger partial charge in [0.25, 0.3) is 0 Å². The number of para-hydroxylation sites is 1. The minimum absolute atomic E-state index is 0.111. The summed E-state index contributed by atoms with van der Waals surface area (Å²) in [6.45, 7) is 2.86. The molecular formula is C21H22N2O2S. The highest BCUT2D eigenvalue weighted by molar-refractivity contribution is 7.10. The number of thiophene rings is 1. The van der Waals surface area contributed by atoms with Gasteiger partial charge in [-0.1, -0.05) is 30.7 Å². The van der Waals surface area contributed by atoms with Crippen molar-refractivity contribution in [3.05, 3.63) is 64.0 Å². The van der Waals surface area contributed by atoms with E-state index in [0.29, 0.717) is 6.42 Å². The number of aliphatic carboxylic acids is 1. The van der Waals surface area contributed by atoms with Gasteiger partial charge in [0.1, 0.15) is 6.04 Å². The third kappa shape index (κ3) is 3.24. The Morgan fingerprint density at radius 2 is 2.12 bits per heavy atom. The molecule has 134 valence electrons. The summed E-state index contributed by atoms with van der Waals surface area (Å²) in [5.41, 5.74) is 3.09. The van der Waals surface area contributed by atoms with Crippen LogP contribution in [0.15, 0.2) is 47.8 Å². The van der Waals surface area contributed by atoms with Crippen LogP contribution in [0.5, 0.6) is 0 Å². The fraction of sp³-hybridized carbons (Fsp3) is 0.333. The average molecular weight is 366 g/mol. The van der Waals surface area contributed by atoms with Crippen molar-refractivity contribution in [1.29, 1.82) is 0 Å². The van der Waals surface area contributed by atoms with Crippen LogP contribution < -0.4 is 0 Å². The molecule has 5 heteroatoms. The lowest BCUT2D eigenvalue weighted by Gasteiger charge is -2.38. The zero-order valence-corrected chi connectivity index (χ0v) is 15.6. The summed E-state index contributed by atoms with van der Waals surface area (Å²) in [5.74, 6) is -0.733. The van der Waals surface area contributed by atoms with Gasteiger partial charge in [0, 0.05) is 16.8 Å². The maximum Gasteiger partial charge on any atom is 0.320 e. The number of nitrogens with zero attached hydrogens (tertiary/aromatic N) is 2. The molecule has 3 aromatic rings. The van der Waals surface area contributed by atoms with E-state index in [9.17, 15) is 9.90 Å². The Kier molecular flexibility index (Phi) is 4.74. The molecule has 0 spiro atoms. The number of carboxylic acid groups (broad SMARTS) is 1. The highest BCUT2D eigenvalue weighted by Crippen LogP contribution is 2.37. The summed E-state index contributed by atoms with van der Waals surface area (Å²) < 4.78 is 0. The second-order valence-corrected chi connectivity index (χ2v) is 7.89. The van der Waals surface area contributed by atoms with Gasteiger partial charge in [0.2, 0.25) is 0 Å². The Labute approximate surface area is 157 Å². The van der Waals surface area contributed by atoms with Crippen molar-refractivity contribution < 1.29 is 9.90 Å². The van der Waals surface area contributed by atoms with E-state index in [-0.39, 0.29) is 6.04 Å². The summed E-state index contributed by atoms with van der Waals surface area (Å²) in [6.07, 6.45) is 2.69. The van der Waals surface area contributed by atoms with E-state index >= 15 is 0 Å². The average Bonchev–Trinajstić information content (AvgIpc) is 3.08. The van der Waals surface area contributed by atoms with E-state index in [0.717, 1.165) is 36.0 Å². The summed E-state index contributed by atoms with van der Waals surface area (Å²) in [5, 5.41) is 13.0. The minimum atomic E-state index is -0.733. The normalized spacial score (nSPS) is 19.5. The third-order valence-electron chi connectivity index (χ3n) is 5.08. The first-order valence-electron chi connectivity index (χ1n) is 9.03. The molecule has 4 rings (SSSR count). The lowest BCUT2D eigenvalue weighted by molar-refractivity contribution is -0.145. The molecule has 1 aliphatic heterocycles. The number of hydrogen-bond acceptors (Lipinski definition) is 4. The van der Waals surface area contributed by atoms with E-state index in [4.69, 9.17) is 4.98 Å². The van der Waals surface area contributed by atoms with Crippen LogP contribution in [0.3, 0.4) is 0 Å². The quantitative estimate of drug-likeness (QED) is 0.731. The number of hydrogen-bond donors (Lipinski definition) is 1. The van der Waals surface area contributed by atoms with Gasteiger partial charge in [-0.05, 0) is 48.9 Å². The number of likely N-dealkylation sites (tertiary alicyclic amines) is 1. The van der Waals surface area contributed by atoms with Crippen LogP contribution in [0.4, 0.5) is 0 Å². The molecule has 2 aromatic heterocycles. The number of fused-ring (bicyclic) bond motifs is 1. The van der Waals surface area contributed by atoms with Crippen LogP contribution in [-0.4, -0.2) is 33.5 Å². The topological polar surface area (TPSA) is 53.4 Å². The molecule has 0 radical (unpaired) electrons. The highest BCUT2D eigenvalue weighted by atomic mass is 32.1. The molecule has 1 saturated heterocycles. The second kappa shape index (κ2) is 7.17. The summed E-state index contributed by atoms with van der Waals surface area (Å²) in [4.78, 5) is 20.1. The molecule has 26 heavy (non-hydrogen) atoms. The first-order valence-corrected chi connectivity index (χ1v) is 9.91. The van der Waals surface area contributed by atoms with Gasteiger partial charge in [-0.15, -0.1) is 11.3 Å². The zero-order valence-electron chi connectivity index (χ0n) is 14.8. The zero-order chi connectivity index (χ0) is 18.1. The smallest absolute Gasteiger partial charge is 0.320 e. The lowest BCUT2D eigenvalue weighted by atomic mass is 9.97. The standard InChI is InChI=1S/C21H22N2O2S/c1-14-12-19(26-13-14)20(23-11-5-4-8-18(23)21(24)25)17-10-9-15-6-2-3-7-16(15)22-17/h2-3,6-7,9-10,12-13,18,20H,4-5,8,11H2,1H3,(H,24,25).